The van der Waals surface area contributed by atoms with Gasteiger partial charge >= 0.3 is 0 Å². The van der Waals surface area contributed by atoms with Gasteiger partial charge in [0.2, 0.25) is 0 Å². The minimum absolute atomic E-state index is 0.0961. The molecular weight excluding hydrogens is 276 g/mol. The molecule has 1 rings (SSSR count). The molecule has 2 N–H and O–H groups in total. The van der Waals surface area contributed by atoms with Crippen molar-refractivity contribution in [2.24, 2.45) is 0 Å². The maximum atomic E-state index is 11.8. The number of amides is 1. The molecule has 0 radical (unpaired) electrons. The third-order valence-corrected chi connectivity index (χ3v) is 3.88. The number of carbonyl (C=O) groups is 1. The topological polar surface area (TPSA) is 75.3 Å². The number of carbonyl (C=O) groups excluding carboxylic acids is 1. The number of sulfone groups is 1. The second-order valence-corrected chi connectivity index (χ2v) is 7.25. The van der Waals surface area contributed by atoms with E-state index in [9.17, 15) is 13.2 Å². The molecule has 0 aliphatic carbocycles. The number of benzene rings is 1. The highest BCUT2D eigenvalue weighted by molar-refractivity contribution is 7.90. The quantitative estimate of drug-likeness (QED) is 0.728. The molecule has 0 fully saturated rings. The summed E-state index contributed by atoms with van der Waals surface area (Å²) in [7, 11) is -2.97. The lowest BCUT2D eigenvalue weighted by atomic mass is 10.1. The molecule has 5 nitrogen and oxygen atoms in total. The van der Waals surface area contributed by atoms with Gasteiger partial charge in [-0.15, -0.1) is 0 Å². The van der Waals surface area contributed by atoms with Crippen molar-refractivity contribution < 1.29 is 13.2 Å². The largest absolute Gasteiger partial charge is 0.351 e. The first kappa shape index (κ1) is 16.7. The van der Waals surface area contributed by atoms with Crippen LogP contribution < -0.4 is 10.6 Å². The fourth-order valence-corrected chi connectivity index (χ4v) is 2.84. The van der Waals surface area contributed by atoms with E-state index in [4.69, 9.17) is 0 Å². The number of hydrogen-bond acceptors (Lipinski definition) is 4. The van der Waals surface area contributed by atoms with Crippen molar-refractivity contribution in [2.75, 3.05) is 25.1 Å². The maximum Gasteiger partial charge on any atom is 0.251 e. The van der Waals surface area contributed by atoms with Crippen LogP contribution in [0.2, 0.25) is 0 Å². The molecule has 0 heterocycles. The van der Waals surface area contributed by atoms with E-state index < -0.39 is 9.84 Å². The van der Waals surface area contributed by atoms with Crippen LogP contribution in [-0.2, 0) is 9.84 Å². The molecule has 1 aromatic carbocycles. The number of aryl methyl sites for hydroxylation is 1. The normalized spacial score (nSPS) is 12.9. The Balaban J connectivity index is 2.27. The van der Waals surface area contributed by atoms with Crippen molar-refractivity contribution >= 4 is 15.7 Å². The van der Waals surface area contributed by atoms with Gasteiger partial charge in [-0.2, -0.15) is 0 Å². The van der Waals surface area contributed by atoms with Crippen LogP contribution in [-0.4, -0.2) is 45.5 Å². The van der Waals surface area contributed by atoms with E-state index in [1.807, 2.05) is 26.0 Å². The molecular formula is C14H22N2O3S. The number of nitrogens with one attached hydrogen (secondary N) is 2. The summed E-state index contributed by atoms with van der Waals surface area (Å²) in [5.74, 6) is -0.0265. The van der Waals surface area contributed by atoms with Crippen LogP contribution in [0, 0.1) is 6.92 Å². The second kappa shape index (κ2) is 7.40. The zero-order valence-corrected chi connectivity index (χ0v) is 13.0. The van der Waals surface area contributed by atoms with Crippen molar-refractivity contribution in [3.8, 4) is 0 Å². The Morgan fingerprint density at radius 3 is 2.35 bits per heavy atom. The van der Waals surface area contributed by atoms with Gasteiger partial charge in [0.25, 0.3) is 5.91 Å². The highest BCUT2D eigenvalue weighted by Crippen LogP contribution is 2.02. The Morgan fingerprint density at radius 1 is 1.20 bits per heavy atom. The first-order valence-electron chi connectivity index (χ1n) is 6.54. The molecule has 1 atom stereocenters. The van der Waals surface area contributed by atoms with Crippen LogP contribution in [0.4, 0.5) is 0 Å². The zero-order valence-electron chi connectivity index (χ0n) is 12.1. The Kier molecular flexibility index (Phi) is 6.16. The van der Waals surface area contributed by atoms with Gasteiger partial charge in [0, 0.05) is 31.0 Å². The molecule has 112 valence electrons. The molecule has 0 spiro atoms. The van der Waals surface area contributed by atoms with Crippen LogP contribution in [0.15, 0.2) is 24.3 Å². The lowest BCUT2D eigenvalue weighted by Crippen LogP contribution is -2.38. The average molecular weight is 298 g/mol. The van der Waals surface area contributed by atoms with E-state index >= 15 is 0 Å². The molecule has 6 heteroatoms. The summed E-state index contributed by atoms with van der Waals surface area (Å²) < 4.78 is 22.2. The number of rotatable bonds is 7. The molecule has 1 amide bonds. The second-order valence-electron chi connectivity index (χ2n) is 5.07. The van der Waals surface area contributed by atoms with Gasteiger partial charge in [0.15, 0.2) is 0 Å². The lowest BCUT2D eigenvalue weighted by Gasteiger charge is -2.13. The Morgan fingerprint density at radius 2 is 1.80 bits per heavy atom. The summed E-state index contributed by atoms with van der Waals surface area (Å²) in [6, 6.07) is 7.22. The van der Waals surface area contributed by atoms with Gasteiger partial charge < -0.3 is 10.6 Å². The smallest absolute Gasteiger partial charge is 0.251 e. The van der Waals surface area contributed by atoms with E-state index in [-0.39, 0.29) is 17.7 Å². The van der Waals surface area contributed by atoms with Crippen LogP contribution in [0.1, 0.15) is 22.8 Å². The van der Waals surface area contributed by atoms with Crippen molar-refractivity contribution in [1.82, 2.24) is 10.6 Å². The zero-order chi connectivity index (χ0) is 15.2. The molecule has 1 aromatic rings. The maximum absolute atomic E-state index is 11.8. The Bertz CT molecular complexity index is 538. The fraction of sp³-hybridized carbons (Fsp3) is 0.500. The van der Waals surface area contributed by atoms with E-state index in [0.717, 1.165) is 5.56 Å². The highest BCUT2D eigenvalue weighted by Gasteiger charge is 2.09. The van der Waals surface area contributed by atoms with Crippen molar-refractivity contribution in [3.63, 3.8) is 0 Å². The van der Waals surface area contributed by atoms with Crippen LogP contribution in [0.25, 0.3) is 0 Å². The summed E-state index contributed by atoms with van der Waals surface area (Å²) in [5, 5.41) is 5.85. The standard InChI is InChI=1S/C14H22N2O3S/c1-11-4-6-13(7-5-11)14(17)16-9-8-15-12(2)10-20(3,18)19/h4-7,12,15H,8-10H2,1-3H3,(H,16,17). The predicted octanol–water partition coefficient (Wildman–Crippen LogP) is 0.748. The number of hydrogen-bond donors (Lipinski definition) is 2. The highest BCUT2D eigenvalue weighted by atomic mass is 32.2. The predicted molar refractivity (Wildman–Crippen MR) is 80.7 cm³/mol. The molecule has 20 heavy (non-hydrogen) atoms. The molecule has 1 unspecified atom stereocenters. The Labute approximate surface area is 120 Å². The summed E-state index contributed by atoms with van der Waals surface area (Å²) in [6.07, 6.45) is 1.21. The van der Waals surface area contributed by atoms with Crippen LogP contribution >= 0.6 is 0 Å². The van der Waals surface area contributed by atoms with Crippen LogP contribution in [0.3, 0.4) is 0 Å². The summed E-state index contributed by atoms with van der Waals surface area (Å²) in [4.78, 5) is 11.8. The van der Waals surface area contributed by atoms with Gasteiger partial charge in [0.1, 0.15) is 9.84 Å². The van der Waals surface area contributed by atoms with Crippen LogP contribution in [0.5, 0.6) is 0 Å². The summed E-state index contributed by atoms with van der Waals surface area (Å²) in [5.41, 5.74) is 1.73. The van der Waals surface area contributed by atoms with E-state index in [2.05, 4.69) is 10.6 Å². The minimum atomic E-state index is -2.97. The first-order chi connectivity index (χ1) is 9.28. The first-order valence-corrected chi connectivity index (χ1v) is 8.60. The van der Waals surface area contributed by atoms with Gasteiger partial charge in [0.05, 0.1) is 5.75 Å². The van der Waals surface area contributed by atoms with Gasteiger partial charge in [-0.25, -0.2) is 8.42 Å². The molecule has 0 aliphatic heterocycles. The Hall–Kier alpha value is -1.40. The minimum Gasteiger partial charge on any atom is -0.351 e. The van der Waals surface area contributed by atoms with Gasteiger partial charge in [-0.1, -0.05) is 17.7 Å². The van der Waals surface area contributed by atoms with Gasteiger partial charge in [-0.05, 0) is 26.0 Å². The van der Waals surface area contributed by atoms with Crippen molar-refractivity contribution in [1.29, 1.82) is 0 Å². The van der Waals surface area contributed by atoms with Crippen molar-refractivity contribution in [3.05, 3.63) is 35.4 Å². The summed E-state index contributed by atoms with van der Waals surface area (Å²) >= 11 is 0. The van der Waals surface area contributed by atoms with Crippen molar-refractivity contribution in [2.45, 2.75) is 19.9 Å². The van der Waals surface area contributed by atoms with Gasteiger partial charge in [-0.3, -0.25) is 4.79 Å². The average Bonchev–Trinajstić information content (AvgIpc) is 2.33. The third kappa shape index (κ3) is 6.68. The SMILES string of the molecule is Cc1ccc(C(=O)NCCNC(C)CS(C)(=O)=O)cc1. The fourth-order valence-electron chi connectivity index (χ4n) is 1.81. The van der Waals surface area contributed by atoms with E-state index in [1.165, 1.54) is 6.26 Å². The molecule has 0 saturated carbocycles. The summed E-state index contributed by atoms with van der Waals surface area (Å²) in [6.45, 7) is 4.77. The monoisotopic (exact) mass is 298 g/mol. The molecule has 0 aliphatic rings. The molecule has 0 aromatic heterocycles. The molecule has 0 saturated heterocycles. The van der Waals surface area contributed by atoms with E-state index in [1.54, 1.807) is 12.1 Å². The lowest BCUT2D eigenvalue weighted by molar-refractivity contribution is 0.0953. The van der Waals surface area contributed by atoms with E-state index in [0.29, 0.717) is 18.7 Å². The third-order valence-electron chi connectivity index (χ3n) is 2.77. The molecule has 0 bridgehead atoms.